The molecule has 1 N–H and O–H groups in total. The highest BCUT2D eigenvalue weighted by atomic mass is 19.1. The molecule has 3 amide bonds. The summed E-state index contributed by atoms with van der Waals surface area (Å²) in [4.78, 5) is 49.8. The van der Waals surface area contributed by atoms with Crippen LogP contribution in [0.25, 0.3) is 0 Å². The quantitative estimate of drug-likeness (QED) is 0.620. The number of esters is 1. The summed E-state index contributed by atoms with van der Waals surface area (Å²) in [5.41, 5.74) is 0.366. The summed E-state index contributed by atoms with van der Waals surface area (Å²) in [5, 5.41) is 2.46. The Morgan fingerprint density at radius 1 is 1.07 bits per heavy atom. The number of ether oxygens (including phenoxy) is 1. The van der Waals surface area contributed by atoms with Crippen molar-refractivity contribution in [3.63, 3.8) is 0 Å². The van der Waals surface area contributed by atoms with Gasteiger partial charge in [0.15, 0.2) is 6.61 Å². The Bertz CT molecular complexity index is 781. The monoisotopic (exact) mass is 374 g/mol. The summed E-state index contributed by atoms with van der Waals surface area (Å²) in [6.07, 6.45) is 2.86. The second kappa shape index (κ2) is 6.75. The first kappa shape index (κ1) is 17.6. The predicted molar refractivity (Wildman–Crippen MR) is 90.5 cm³/mol. The Kier molecular flexibility index (Phi) is 4.41. The van der Waals surface area contributed by atoms with Crippen LogP contribution >= 0.6 is 0 Å². The normalized spacial score (nSPS) is 28.4. The van der Waals surface area contributed by atoms with E-state index in [1.165, 1.54) is 24.3 Å². The highest BCUT2D eigenvalue weighted by Gasteiger charge is 2.61. The van der Waals surface area contributed by atoms with Gasteiger partial charge in [0.2, 0.25) is 11.8 Å². The van der Waals surface area contributed by atoms with Crippen LogP contribution in [0.5, 0.6) is 0 Å². The standard InChI is InChI=1S/C19H19FN2O5/c20-12-3-5-13(6-4-12)21-14(23)9-27-15(24)8-22-18(25)16-10-1-2-11(7-10)17(16)19(22)26/h3-6,10-11,16-17H,1-2,7-9H2,(H,21,23)/t10-,11+,16-,17-/m0/s1. The van der Waals surface area contributed by atoms with E-state index in [1.54, 1.807) is 0 Å². The summed E-state index contributed by atoms with van der Waals surface area (Å²) in [6, 6.07) is 5.14. The second-order valence-electron chi connectivity index (χ2n) is 7.36. The number of likely N-dealkylation sites (tertiary alicyclic amines) is 1. The SMILES string of the molecule is O=C(COC(=O)CN1C(=O)[C@H]2[C@@H]3CC[C@@H](C3)[C@@H]2C1=O)Nc1ccc(F)cc1. The van der Waals surface area contributed by atoms with Crippen LogP contribution in [0.2, 0.25) is 0 Å². The van der Waals surface area contributed by atoms with Gasteiger partial charge in [-0.2, -0.15) is 0 Å². The number of rotatable bonds is 5. The van der Waals surface area contributed by atoms with Crippen LogP contribution in [-0.2, 0) is 23.9 Å². The third-order valence-corrected chi connectivity index (χ3v) is 5.80. The van der Waals surface area contributed by atoms with Crippen molar-refractivity contribution in [1.82, 2.24) is 4.90 Å². The lowest BCUT2D eigenvalue weighted by Crippen LogP contribution is -2.38. The van der Waals surface area contributed by atoms with Crippen LogP contribution in [0.3, 0.4) is 0 Å². The minimum atomic E-state index is -0.807. The average molecular weight is 374 g/mol. The molecule has 27 heavy (non-hydrogen) atoms. The van der Waals surface area contributed by atoms with Crippen molar-refractivity contribution in [2.75, 3.05) is 18.5 Å². The second-order valence-corrected chi connectivity index (χ2v) is 7.36. The number of hydrogen-bond acceptors (Lipinski definition) is 5. The van der Waals surface area contributed by atoms with Crippen molar-refractivity contribution < 1.29 is 28.3 Å². The minimum Gasteiger partial charge on any atom is -0.454 e. The van der Waals surface area contributed by atoms with Crippen LogP contribution < -0.4 is 5.32 Å². The van der Waals surface area contributed by atoms with E-state index in [0.717, 1.165) is 24.2 Å². The number of benzene rings is 1. The molecule has 2 aliphatic carbocycles. The van der Waals surface area contributed by atoms with E-state index in [0.29, 0.717) is 5.69 Å². The molecular weight excluding hydrogens is 355 g/mol. The lowest BCUT2D eigenvalue weighted by atomic mass is 9.81. The number of nitrogens with one attached hydrogen (secondary N) is 1. The molecule has 4 rings (SSSR count). The molecule has 0 aromatic heterocycles. The van der Waals surface area contributed by atoms with Crippen molar-refractivity contribution in [2.45, 2.75) is 19.3 Å². The molecule has 7 nitrogen and oxygen atoms in total. The van der Waals surface area contributed by atoms with Gasteiger partial charge in [0, 0.05) is 5.69 Å². The third kappa shape index (κ3) is 3.20. The fourth-order valence-corrected chi connectivity index (χ4v) is 4.68. The first-order valence-corrected chi connectivity index (χ1v) is 9.00. The number of nitrogens with zero attached hydrogens (tertiary/aromatic N) is 1. The molecule has 3 fully saturated rings. The van der Waals surface area contributed by atoms with Gasteiger partial charge in [0.05, 0.1) is 11.8 Å². The molecular formula is C19H19FN2O5. The van der Waals surface area contributed by atoms with E-state index < -0.39 is 30.8 Å². The molecule has 0 unspecified atom stereocenters. The molecule has 0 spiro atoms. The number of carbonyl (C=O) groups excluding carboxylic acids is 4. The summed E-state index contributed by atoms with van der Waals surface area (Å²) < 4.78 is 17.7. The molecule has 1 saturated heterocycles. The van der Waals surface area contributed by atoms with Crippen LogP contribution in [0.4, 0.5) is 10.1 Å². The van der Waals surface area contributed by atoms with Gasteiger partial charge in [-0.05, 0) is 55.4 Å². The smallest absolute Gasteiger partial charge is 0.326 e. The molecule has 2 saturated carbocycles. The first-order valence-electron chi connectivity index (χ1n) is 9.00. The van der Waals surface area contributed by atoms with Gasteiger partial charge in [-0.1, -0.05) is 0 Å². The van der Waals surface area contributed by atoms with E-state index in [2.05, 4.69) is 5.32 Å². The van der Waals surface area contributed by atoms with Gasteiger partial charge in [-0.15, -0.1) is 0 Å². The maximum Gasteiger partial charge on any atom is 0.326 e. The number of carbonyl (C=O) groups is 4. The summed E-state index contributed by atoms with van der Waals surface area (Å²) >= 11 is 0. The first-order chi connectivity index (χ1) is 12.9. The van der Waals surface area contributed by atoms with Crippen molar-refractivity contribution in [1.29, 1.82) is 0 Å². The summed E-state index contributed by atoms with van der Waals surface area (Å²) in [7, 11) is 0. The Hall–Kier alpha value is -2.77. The van der Waals surface area contributed by atoms with E-state index in [9.17, 15) is 23.6 Å². The predicted octanol–water partition coefficient (Wildman–Crippen LogP) is 1.34. The van der Waals surface area contributed by atoms with Gasteiger partial charge in [-0.25, -0.2) is 4.39 Å². The van der Waals surface area contributed by atoms with E-state index in [-0.39, 0.29) is 35.5 Å². The van der Waals surface area contributed by atoms with Crippen molar-refractivity contribution in [3.05, 3.63) is 30.1 Å². The molecule has 2 bridgehead atoms. The topological polar surface area (TPSA) is 92.8 Å². The van der Waals surface area contributed by atoms with Gasteiger partial charge in [0.1, 0.15) is 12.4 Å². The van der Waals surface area contributed by atoms with E-state index >= 15 is 0 Å². The zero-order chi connectivity index (χ0) is 19.1. The largest absolute Gasteiger partial charge is 0.454 e. The van der Waals surface area contributed by atoms with E-state index in [4.69, 9.17) is 4.74 Å². The van der Waals surface area contributed by atoms with Gasteiger partial charge in [-0.3, -0.25) is 24.1 Å². The molecule has 3 aliphatic rings. The zero-order valence-electron chi connectivity index (χ0n) is 14.5. The number of hydrogen-bond donors (Lipinski definition) is 1. The number of halogens is 1. The fraction of sp³-hybridized carbons (Fsp3) is 0.474. The number of fused-ring (bicyclic) bond motifs is 5. The van der Waals surface area contributed by atoms with Gasteiger partial charge in [0.25, 0.3) is 5.91 Å². The number of anilines is 1. The molecule has 1 aliphatic heterocycles. The summed E-state index contributed by atoms with van der Waals surface area (Å²) in [6.45, 7) is -1.02. The Morgan fingerprint density at radius 2 is 1.67 bits per heavy atom. The Balaban J connectivity index is 1.28. The van der Waals surface area contributed by atoms with Crippen LogP contribution in [0.15, 0.2) is 24.3 Å². The molecule has 142 valence electrons. The van der Waals surface area contributed by atoms with Crippen LogP contribution in [-0.4, -0.2) is 41.7 Å². The molecule has 1 aromatic rings. The van der Waals surface area contributed by atoms with Crippen LogP contribution in [0, 0.1) is 29.5 Å². The number of imide groups is 1. The van der Waals surface area contributed by atoms with Gasteiger partial charge < -0.3 is 10.1 Å². The maximum atomic E-state index is 12.8. The fourth-order valence-electron chi connectivity index (χ4n) is 4.68. The molecule has 8 heteroatoms. The van der Waals surface area contributed by atoms with Crippen molar-refractivity contribution in [3.8, 4) is 0 Å². The average Bonchev–Trinajstić information content (AvgIpc) is 3.32. The molecule has 0 radical (unpaired) electrons. The molecule has 1 heterocycles. The van der Waals surface area contributed by atoms with Crippen molar-refractivity contribution in [2.24, 2.45) is 23.7 Å². The third-order valence-electron chi connectivity index (χ3n) is 5.80. The highest BCUT2D eigenvalue weighted by molar-refractivity contribution is 6.07. The summed E-state index contributed by atoms with van der Waals surface area (Å²) in [5.74, 6) is -2.48. The zero-order valence-corrected chi connectivity index (χ0v) is 14.5. The van der Waals surface area contributed by atoms with Crippen molar-refractivity contribution >= 4 is 29.4 Å². The number of amides is 3. The lowest BCUT2D eigenvalue weighted by Gasteiger charge is -2.19. The lowest BCUT2D eigenvalue weighted by molar-refractivity contribution is -0.154. The molecule has 4 atom stereocenters. The Labute approximate surface area is 154 Å². The highest BCUT2D eigenvalue weighted by Crippen LogP contribution is 2.56. The van der Waals surface area contributed by atoms with E-state index in [1.807, 2.05) is 0 Å². The van der Waals surface area contributed by atoms with Gasteiger partial charge >= 0.3 is 5.97 Å². The minimum absolute atomic E-state index is 0.249. The maximum absolute atomic E-state index is 12.8. The van der Waals surface area contributed by atoms with Crippen LogP contribution in [0.1, 0.15) is 19.3 Å². The molecule has 1 aromatic carbocycles. The Morgan fingerprint density at radius 3 is 2.26 bits per heavy atom.